The summed E-state index contributed by atoms with van der Waals surface area (Å²) in [5.41, 5.74) is 2.26. The summed E-state index contributed by atoms with van der Waals surface area (Å²) in [6.45, 7) is 2.79. The second-order valence-corrected chi connectivity index (χ2v) is 6.04. The number of rotatable bonds is 3. The fourth-order valence-electron chi connectivity index (χ4n) is 2.30. The highest BCUT2D eigenvalue weighted by atomic mass is 35.5. The molecule has 1 amide bonds. The van der Waals surface area contributed by atoms with Gasteiger partial charge in [0.05, 0.1) is 0 Å². The van der Waals surface area contributed by atoms with Gasteiger partial charge in [-0.1, -0.05) is 0 Å². The Balaban J connectivity index is 0.00000121. The van der Waals surface area contributed by atoms with Crippen LogP contribution in [0.1, 0.15) is 12.3 Å². The molecule has 5 nitrogen and oxygen atoms in total. The molecule has 1 unspecified atom stereocenters. The molecular weight excluding hydrogens is 345 g/mol. The van der Waals surface area contributed by atoms with Crippen LogP contribution in [0.4, 0.5) is 5.69 Å². The molecule has 0 aliphatic carbocycles. The Labute approximate surface area is 145 Å². The van der Waals surface area contributed by atoms with Crippen LogP contribution >= 0.6 is 36.6 Å². The average molecular weight is 364 g/mol. The van der Waals surface area contributed by atoms with Gasteiger partial charge in [-0.3, -0.25) is 4.79 Å². The molecule has 1 saturated heterocycles. The molecule has 0 radical (unpaired) electrons. The molecule has 0 spiro atoms. The van der Waals surface area contributed by atoms with Gasteiger partial charge in [-0.2, -0.15) is 11.8 Å². The van der Waals surface area contributed by atoms with E-state index in [-0.39, 0.29) is 36.8 Å². The predicted octanol–water partition coefficient (Wildman–Crippen LogP) is 3.01. The van der Waals surface area contributed by atoms with E-state index in [1.54, 1.807) is 0 Å². The predicted molar refractivity (Wildman–Crippen MR) is 95.6 cm³/mol. The zero-order chi connectivity index (χ0) is 13.9. The normalized spacial score (nSPS) is 17.4. The van der Waals surface area contributed by atoms with Gasteiger partial charge in [0.15, 0.2) is 11.5 Å². The van der Waals surface area contributed by atoms with Gasteiger partial charge in [-0.25, -0.2) is 4.98 Å². The van der Waals surface area contributed by atoms with E-state index in [0.29, 0.717) is 17.9 Å². The third-order valence-electron chi connectivity index (χ3n) is 3.21. The number of aryl methyl sites for hydroxylation is 1. The van der Waals surface area contributed by atoms with Gasteiger partial charge in [0.1, 0.15) is 5.52 Å². The molecule has 2 heterocycles. The number of thioether (sulfide) groups is 1. The maximum absolute atomic E-state index is 12.0. The van der Waals surface area contributed by atoms with Crippen LogP contribution in [0.5, 0.6) is 0 Å². The second kappa shape index (κ2) is 8.62. The molecule has 1 aliphatic heterocycles. The van der Waals surface area contributed by atoms with Crippen molar-refractivity contribution in [3.05, 3.63) is 24.1 Å². The standard InChI is InChI=1S/C14H17N3O2S.2ClH/c1-9-16-12-3-2-10(6-13(12)19-9)17-14(18)7-11-8-20-5-4-15-11;;/h2-3,6,11,15H,4-5,7-8H2,1H3,(H,17,18);2*1H. The van der Waals surface area contributed by atoms with Gasteiger partial charge in [-0.05, 0) is 12.1 Å². The number of aromatic nitrogens is 1. The van der Waals surface area contributed by atoms with Crippen molar-refractivity contribution in [1.29, 1.82) is 0 Å². The summed E-state index contributed by atoms with van der Waals surface area (Å²) in [6.07, 6.45) is 0.500. The summed E-state index contributed by atoms with van der Waals surface area (Å²) in [6, 6.07) is 5.79. The summed E-state index contributed by atoms with van der Waals surface area (Å²) in [5.74, 6) is 2.78. The minimum atomic E-state index is 0. The molecule has 2 aromatic rings. The van der Waals surface area contributed by atoms with Gasteiger partial charge < -0.3 is 15.1 Å². The molecule has 1 aliphatic rings. The van der Waals surface area contributed by atoms with Gasteiger partial charge in [0.25, 0.3) is 0 Å². The molecule has 122 valence electrons. The summed E-state index contributed by atoms with van der Waals surface area (Å²) in [5, 5.41) is 6.27. The molecular formula is C14H19Cl2N3O2S. The highest BCUT2D eigenvalue weighted by Crippen LogP contribution is 2.20. The lowest BCUT2D eigenvalue weighted by atomic mass is 10.2. The van der Waals surface area contributed by atoms with E-state index in [9.17, 15) is 4.79 Å². The number of benzene rings is 1. The number of carbonyl (C=O) groups is 1. The van der Waals surface area contributed by atoms with E-state index < -0.39 is 0 Å². The van der Waals surface area contributed by atoms with Gasteiger partial charge in [-0.15, -0.1) is 24.8 Å². The van der Waals surface area contributed by atoms with Gasteiger partial charge in [0.2, 0.25) is 5.91 Å². The fourth-order valence-corrected chi connectivity index (χ4v) is 3.25. The molecule has 2 N–H and O–H groups in total. The second-order valence-electron chi connectivity index (χ2n) is 4.89. The first-order valence-corrected chi connectivity index (χ1v) is 7.84. The van der Waals surface area contributed by atoms with Crippen molar-refractivity contribution in [3.63, 3.8) is 0 Å². The first kappa shape index (κ1) is 19.1. The number of fused-ring (bicyclic) bond motifs is 1. The van der Waals surface area contributed by atoms with E-state index >= 15 is 0 Å². The molecule has 1 aromatic heterocycles. The molecule has 1 atom stereocenters. The number of hydrogen-bond acceptors (Lipinski definition) is 5. The van der Waals surface area contributed by atoms with E-state index in [0.717, 1.165) is 29.3 Å². The third kappa shape index (κ3) is 4.78. The van der Waals surface area contributed by atoms with Crippen LogP contribution in [0.25, 0.3) is 11.1 Å². The van der Waals surface area contributed by atoms with E-state index in [4.69, 9.17) is 4.42 Å². The van der Waals surface area contributed by atoms with E-state index in [2.05, 4.69) is 15.6 Å². The van der Waals surface area contributed by atoms with Crippen LogP contribution in [0.15, 0.2) is 22.6 Å². The number of anilines is 1. The van der Waals surface area contributed by atoms with Crippen molar-refractivity contribution in [3.8, 4) is 0 Å². The van der Waals surface area contributed by atoms with Crippen molar-refractivity contribution in [2.45, 2.75) is 19.4 Å². The molecule has 1 aromatic carbocycles. The number of halogens is 2. The molecule has 3 rings (SSSR count). The minimum absolute atomic E-state index is 0. The Morgan fingerprint density at radius 2 is 2.32 bits per heavy atom. The van der Waals surface area contributed by atoms with E-state index in [1.165, 1.54) is 0 Å². The highest BCUT2D eigenvalue weighted by molar-refractivity contribution is 7.99. The lowest BCUT2D eigenvalue weighted by Crippen LogP contribution is -2.39. The van der Waals surface area contributed by atoms with Gasteiger partial charge >= 0.3 is 0 Å². The molecule has 0 saturated carbocycles. The molecule has 8 heteroatoms. The minimum Gasteiger partial charge on any atom is -0.441 e. The van der Waals surface area contributed by atoms with Crippen molar-refractivity contribution >= 4 is 59.3 Å². The number of carbonyl (C=O) groups excluding carboxylic acids is 1. The maximum Gasteiger partial charge on any atom is 0.225 e. The van der Waals surface area contributed by atoms with Crippen LogP contribution in [0.3, 0.4) is 0 Å². The average Bonchev–Trinajstić information content (AvgIpc) is 2.79. The Morgan fingerprint density at radius 3 is 3.05 bits per heavy atom. The topological polar surface area (TPSA) is 67.2 Å². The van der Waals surface area contributed by atoms with E-state index in [1.807, 2.05) is 36.9 Å². The third-order valence-corrected chi connectivity index (χ3v) is 4.34. The Hall–Kier alpha value is -0.950. The summed E-state index contributed by atoms with van der Waals surface area (Å²) in [4.78, 5) is 16.3. The lowest BCUT2D eigenvalue weighted by molar-refractivity contribution is -0.116. The van der Waals surface area contributed by atoms with Crippen LogP contribution in [-0.2, 0) is 4.79 Å². The van der Waals surface area contributed by atoms with Crippen LogP contribution in [0, 0.1) is 6.92 Å². The summed E-state index contributed by atoms with van der Waals surface area (Å²) in [7, 11) is 0. The SMILES string of the molecule is Cc1nc2ccc(NC(=O)CC3CSCCN3)cc2o1.Cl.Cl. The fraction of sp³-hybridized carbons (Fsp3) is 0.429. The van der Waals surface area contributed by atoms with Crippen LogP contribution in [0.2, 0.25) is 0 Å². The Morgan fingerprint density at radius 1 is 1.50 bits per heavy atom. The quantitative estimate of drug-likeness (QED) is 0.877. The van der Waals surface area contributed by atoms with Crippen LogP contribution in [-0.4, -0.2) is 35.0 Å². The zero-order valence-corrected chi connectivity index (χ0v) is 14.6. The number of hydrogen-bond donors (Lipinski definition) is 2. The molecule has 22 heavy (non-hydrogen) atoms. The first-order chi connectivity index (χ1) is 9.70. The number of amides is 1. The molecule has 0 bridgehead atoms. The Bertz CT molecular complexity index is 630. The van der Waals surface area contributed by atoms with Crippen molar-refractivity contribution in [1.82, 2.24) is 10.3 Å². The first-order valence-electron chi connectivity index (χ1n) is 6.69. The summed E-state index contributed by atoms with van der Waals surface area (Å²) >= 11 is 1.89. The van der Waals surface area contributed by atoms with Crippen LogP contribution < -0.4 is 10.6 Å². The van der Waals surface area contributed by atoms with Crippen molar-refractivity contribution < 1.29 is 9.21 Å². The lowest BCUT2D eigenvalue weighted by Gasteiger charge is -2.22. The number of oxazole rings is 1. The zero-order valence-electron chi connectivity index (χ0n) is 12.1. The maximum atomic E-state index is 12.0. The monoisotopic (exact) mass is 363 g/mol. The smallest absolute Gasteiger partial charge is 0.225 e. The Kier molecular flexibility index (Phi) is 7.48. The van der Waals surface area contributed by atoms with Crippen molar-refractivity contribution in [2.75, 3.05) is 23.4 Å². The highest BCUT2D eigenvalue weighted by Gasteiger charge is 2.16. The number of nitrogens with one attached hydrogen (secondary N) is 2. The largest absolute Gasteiger partial charge is 0.441 e. The summed E-state index contributed by atoms with van der Waals surface area (Å²) < 4.78 is 5.46. The van der Waals surface area contributed by atoms with Gasteiger partial charge in [0, 0.05) is 49.2 Å². The van der Waals surface area contributed by atoms with Crippen molar-refractivity contribution in [2.24, 2.45) is 0 Å². The number of nitrogens with zero attached hydrogens (tertiary/aromatic N) is 1. The molecule has 1 fully saturated rings.